The minimum absolute atomic E-state index is 0.00355. The molecule has 3 rings (SSSR count). The van der Waals surface area contributed by atoms with Crippen molar-refractivity contribution < 1.29 is 18.0 Å². The van der Waals surface area contributed by atoms with Crippen LogP contribution in [0.4, 0.5) is 13.2 Å². The summed E-state index contributed by atoms with van der Waals surface area (Å²) in [5, 5.41) is 0. The fourth-order valence-corrected chi connectivity index (χ4v) is 2.19. The highest BCUT2D eigenvalue weighted by molar-refractivity contribution is 5.79. The largest absolute Gasteiger partial charge is 0.418 e. The number of nitrogens with one attached hydrogen (secondary N) is 1. The lowest BCUT2D eigenvalue weighted by atomic mass is 10.1. The predicted octanol–water partition coefficient (Wildman–Crippen LogP) is 2.25. The molecule has 0 bridgehead atoms. The van der Waals surface area contributed by atoms with Crippen LogP contribution in [0.2, 0.25) is 0 Å². The molecule has 0 aliphatic rings. The van der Waals surface area contributed by atoms with E-state index in [0.29, 0.717) is 6.29 Å². The second-order valence-corrected chi connectivity index (χ2v) is 4.86. The van der Waals surface area contributed by atoms with Crippen LogP contribution in [0.1, 0.15) is 21.7 Å². The molecule has 9 heteroatoms. The van der Waals surface area contributed by atoms with E-state index in [-0.39, 0.29) is 28.1 Å². The number of alkyl halides is 3. The van der Waals surface area contributed by atoms with Crippen molar-refractivity contribution in [2.24, 2.45) is 0 Å². The maximum Gasteiger partial charge on any atom is 0.418 e. The van der Waals surface area contributed by atoms with E-state index in [1.54, 1.807) is 0 Å². The van der Waals surface area contributed by atoms with Gasteiger partial charge in [-0.3, -0.25) is 9.59 Å². The summed E-state index contributed by atoms with van der Waals surface area (Å²) in [6, 6.07) is 2.01. The molecule has 0 atom stereocenters. The second-order valence-electron chi connectivity index (χ2n) is 4.86. The van der Waals surface area contributed by atoms with Crippen molar-refractivity contribution >= 4 is 17.3 Å². The normalized spacial score (nSPS) is 11.8. The molecule has 0 saturated heterocycles. The van der Waals surface area contributed by atoms with Crippen LogP contribution in [0.15, 0.2) is 29.5 Å². The smallest absolute Gasteiger partial charge is 0.319 e. The maximum atomic E-state index is 13.3. The summed E-state index contributed by atoms with van der Waals surface area (Å²) in [5.74, 6) is 0. The van der Waals surface area contributed by atoms with Gasteiger partial charge in [0, 0.05) is 6.20 Å². The molecule has 1 N–H and O–H groups in total. The van der Waals surface area contributed by atoms with Crippen LogP contribution < -0.4 is 5.56 Å². The zero-order valence-electron chi connectivity index (χ0n) is 11.7. The van der Waals surface area contributed by atoms with Gasteiger partial charge >= 0.3 is 6.18 Å². The number of H-pyrrole nitrogens is 1. The van der Waals surface area contributed by atoms with E-state index >= 15 is 0 Å². The average molecular weight is 322 g/mol. The fraction of sp³-hybridized carbons (Fsp3) is 0.143. The molecule has 2 aromatic heterocycles. The molecule has 0 radical (unpaired) electrons. The van der Waals surface area contributed by atoms with Crippen molar-refractivity contribution in [2.45, 2.75) is 13.1 Å². The molecule has 23 heavy (non-hydrogen) atoms. The fourth-order valence-electron chi connectivity index (χ4n) is 2.19. The number of fused-ring (bicyclic) bond motifs is 1. The molecule has 0 fully saturated rings. The van der Waals surface area contributed by atoms with Crippen molar-refractivity contribution in [2.75, 3.05) is 0 Å². The number of nitrogens with zero attached hydrogens (tertiary/aromatic N) is 3. The Bertz CT molecular complexity index is 972. The molecule has 3 aromatic rings. The highest BCUT2D eigenvalue weighted by Crippen LogP contribution is 2.35. The van der Waals surface area contributed by atoms with Gasteiger partial charge in [0.2, 0.25) is 0 Å². The number of hydrogen-bond acceptors (Lipinski definition) is 4. The van der Waals surface area contributed by atoms with Crippen LogP contribution in [0, 0.1) is 6.92 Å². The van der Waals surface area contributed by atoms with E-state index in [2.05, 4.69) is 15.0 Å². The summed E-state index contributed by atoms with van der Waals surface area (Å²) in [4.78, 5) is 32.3. The maximum absolute atomic E-state index is 13.3. The first-order chi connectivity index (χ1) is 10.8. The Morgan fingerprint density at radius 3 is 2.65 bits per heavy atom. The van der Waals surface area contributed by atoms with Crippen LogP contribution in [-0.4, -0.2) is 25.8 Å². The van der Waals surface area contributed by atoms with E-state index in [9.17, 15) is 22.8 Å². The van der Waals surface area contributed by atoms with Gasteiger partial charge in [-0.1, -0.05) is 0 Å². The van der Waals surface area contributed by atoms with Gasteiger partial charge in [-0.25, -0.2) is 9.97 Å². The number of aldehydes is 1. The third-order valence-corrected chi connectivity index (χ3v) is 3.29. The van der Waals surface area contributed by atoms with Gasteiger partial charge in [0.05, 0.1) is 22.3 Å². The molecule has 118 valence electrons. The number of halogens is 3. The van der Waals surface area contributed by atoms with Crippen LogP contribution in [0.5, 0.6) is 0 Å². The van der Waals surface area contributed by atoms with Crippen LogP contribution in [0.25, 0.3) is 16.7 Å². The first kappa shape index (κ1) is 14.9. The third-order valence-electron chi connectivity index (χ3n) is 3.29. The Hall–Kier alpha value is -2.97. The zero-order chi connectivity index (χ0) is 16.8. The number of carbonyl (C=O) groups excluding carboxylic acids is 1. The average Bonchev–Trinajstić information content (AvgIpc) is 2.95. The molecule has 2 heterocycles. The number of carbonyl (C=O) groups is 1. The van der Waals surface area contributed by atoms with Gasteiger partial charge in [-0.2, -0.15) is 13.2 Å². The van der Waals surface area contributed by atoms with Crippen molar-refractivity contribution in [1.82, 2.24) is 19.5 Å². The van der Waals surface area contributed by atoms with Crippen molar-refractivity contribution in [3.8, 4) is 5.69 Å². The standard InChI is InChI=1S/C14H9F3N4O2/c1-7-13(23)20-10-2-9(14(15,16)17)12(3-11(10)19-7)21-4-8(5-22)18-6-21/h2-6H,1H3,(H,20,23). The van der Waals surface area contributed by atoms with Gasteiger partial charge in [0.15, 0.2) is 6.29 Å². The highest BCUT2D eigenvalue weighted by Gasteiger charge is 2.34. The van der Waals surface area contributed by atoms with Crippen molar-refractivity contribution in [1.29, 1.82) is 0 Å². The van der Waals surface area contributed by atoms with Crippen LogP contribution in [-0.2, 0) is 6.18 Å². The summed E-state index contributed by atoms with van der Waals surface area (Å²) in [6.45, 7) is 1.46. The zero-order valence-corrected chi connectivity index (χ0v) is 11.7. The summed E-state index contributed by atoms with van der Waals surface area (Å²) in [7, 11) is 0. The number of imidazole rings is 1. The van der Waals surface area contributed by atoms with Crippen LogP contribution in [0.3, 0.4) is 0 Å². The lowest BCUT2D eigenvalue weighted by Crippen LogP contribution is -2.15. The van der Waals surface area contributed by atoms with Gasteiger partial charge in [0.1, 0.15) is 17.7 Å². The lowest BCUT2D eigenvalue weighted by Gasteiger charge is -2.14. The minimum atomic E-state index is -4.66. The Balaban J connectivity index is 2.35. The monoisotopic (exact) mass is 322 g/mol. The predicted molar refractivity (Wildman–Crippen MR) is 74.6 cm³/mol. The topological polar surface area (TPSA) is 80.6 Å². The molecular formula is C14H9F3N4O2. The highest BCUT2D eigenvalue weighted by atomic mass is 19.4. The number of rotatable bonds is 2. The van der Waals surface area contributed by atoms with E-state index in [1.807, 2.05) is 0 Å². The Morgan fingerprint density at radius 1 is 1.30 bits per heavy atom. The molecule has 0 aliphatic heterocycles. The van der Waals surface area contributed by atoms with E-state index in [4.69, 9.17) is 0 Å². The molecule has 1 aromatic carbocycles. The second kappa shape index (κ2) is 5.04. The van der Waals surface area contributed by atoms with E-state index in [1.165, 1.54) is 19.2 Å². The first-order valence-corrected chi connectivity index (χ1v) is 6.41. The molecule has 0 saturated carbocycles. The minimum Gasteiger partial charge on any atom is -0.319 e. The van der Waals surface area contributed by atoms with Gasteiger partial charge in [-0.05, 0) is 19.1 Å². The molecular weight excluding hydrogens is 313 g/mol. The summed E-state index contributed by atoms with van der Waals surface area (Å²) >= 11 is 0. The number of benzene rings is 1. The lowest BCUT2D eigenvalue weighted by molar-refractivity contribution is -0.137. The number of aromatic amines is 1. The number of hydrogen-bond donors (Lipinski definition) is 1. The molecule has 6 nitrogen and oxygen atoms in total. The van der Waals surface area contributed by atoms with Crippen molar-refractivity contribution in [3.05, 3.63) is 52.0 Å². The number of aryl methyl sites for hydroxylation is 1. The molecule has 0 unspecified atom stereocenters. The van der Waals surface area contributed by atoms with Crippen LogP contribution >= 0.6 is 0 Å². The first-order valence-electron chi connectivity index (χ1n) is 6.41. The quantitative estimate of drug-likeness (QED) is 0.734. The number of aromatic nitrogens is 4. The summed E-state index contributed by atoms with van der Waals surface area (Å²) < 4.78 is 41.0. The molecule has 0 spiro atoms. The van der Waals surface area contributed by atoms with E-state index in [0.717, 1.165) is 17.0 Å². The Labute approximate surface area is 126 Å². The Kier molecular flexibility index (Phi) is 3.28. The summed E-state index contributed by atoms with van der Waals surface area (Å²) in [5.41, 5.74) is -1.43. The van der Waals surface area contributed by atoms with E-state index < -0.39 is 17.3 Å². The van der Waals surface area contributed by atoms with Gasteiger partial charge in [-0.15, -0.1) is 0 Å². The molecule has 0 aliphatic carbocycles. The van der Waals surface area contributed by atoms with Crippen molar-refractivity contribution in [3.63, 3.8) is 0 Å². The van der Waals surface area contributed by atoms with Gasteiger partial charge < -0.3 is 9.55 Å². The third kappa shape index (κ3) is 2.60. The molecule has 0 amide bonds. The Morgan fingerprint density at radius 2 is 2.04 bits per heavy atom. The summed E-state index contributed by atoms with van der Waals surface area (Å²) in [6.07, 6.45) is -1.93. The SMILES string of the molecule is Cc1nc2cc(-n3cnc(C=O)c3)c(C(F)(F)F)cc2[nH]c1=O. The van der Waals surface area contributed by atoms with Gasteiger partial charge in [0.25, 0.3) is 5.56 Å².